The maximum Gasteiger partial charge on any atom is 0.132 e. The number of nitrogens with zero attached hydrogens (tertiary/aromatic N) is 6. The Morgan fingerprint density at radius 1 is 1.15 bits per heavy atom. The fraction of sp³-hybridized carbons (Fsp3) is 0.550. The van der Waals surface area contributed by atoms with Crippen molar-refractivity contribution in [3.05, 3.63) is 47.7 Å². The summed E-state index contributed by atoms with van der Waals surface area (Å²) in [6, 6.07) is 8.51. The van der Waals surface area contributed by atoms with Gasteiger partial charge < -0.3 is 9.80 Å². The summed E-state index contributed by atoms with van der Waals surface area (Å²) in [5.41, 5.74) is 2.18. The van der Waals surface area contributed by atoms with E-state index in [1.807, 2.05) is 25.3 Å². The quantitative estimate of drug-likeness (QED) is 0.794. The maximum absolute atomic E-state index is 4.70. The first-order chi connectivity index (χ1) is 12.6. The van der Waals surface area contributed by atoms with Gasteiger partial charge in [-0.05, 0) is 39.6 Å². The Bertz CT molecular complexity index is 697. The zero-order chi connectivity index (χ0) is 18.5. The molecule has 0 spiro atoms. The van der Waals surface area contributed by atoms with Gasteiger partial charge in [0.15, 0.2) is 0 Å². The van der Waals surface area contributed by atoms with Crippen molar-refractivity contribution in [2.75, 3.05) is 44.7 Å². The number of piperazine rings is 1. The van der Waals surface area contributed by atoms with Crippen LogP contribution in [-0.4, -0.2) is 64.5 Å². The summed E-state index contributed by atoms with van der Waals surface area (Å²) in [5.74, 6) is 1.90. The van der Waals surface area contributed by atoms with Gasteiger partial charge in [-0.15, -0.1) is 0 Å². The summed E-state index contributed by atoms with van der Waals surface area (Å²) < 4.78 is 0. The molecule has 2 aromatic heterocycles. The molecule has 0 amide bonds. The van der Waals surface area contributed by atoms with Crippen LogP contribution in [0.25, 0.3) is 0 Å². The Kier molecular flexibility index (Phi) is 6.16. The summed E-state index contributed by atoms with van der Waals surface area (Å²) in [4.78, 5) is 21.0. The predicted octanol–water partition coefficient (Wildman–Crippen LogP) is 2.51. The van der Waals surface area contributed by atoms with Crippen LogP contribution >= 0.6 is 0 Å². The average molecular weight is 355 g/mol. The molecule has 0 N–H and O–H groups in total. The second kappa shape index (κ2) is 8.56. The van der Waals surface area contributed by atoms with E-state index < -0.39 is 0 Å². The maximum atomic E-state index is 4.70. The van der Waals surface area contributed by atoms with Crippen molar-refractivity contribution in [1.29, 1.82) is 0 Å². The van der Waals surface area contributed by atoms with Crippen LogP contribution in [-0.2, 0) is 6.54 Å². The van der Waals surface area contributed by atoms with Gasteiger partial charge in [-0.2, -0.15) is 0 Å². The SMILES string of the molecule is CCN(Cc1cc(N2CCN(C)CC2)nc(C)n1)[C@@H](C)c1ccccn1. The van der Waals surface area contributed by atoms with Crippen molar-refractivity contribution < 1.29 is 0 Å². The minimum absolute atomic E-state index is 0.253. The number of hydrogen-bond donors (Lipinski definition) is 0. The number of anilines is 1. The first-order valence-corrected chi connectivity index (χ1v) is 9.50. The van der Waals surface area contributed by atoms with Crippen LogP contribution < -0.4 is 4.90 Å². The molecule has 3 heterocycles. The molecule has 0 aromatic carbocycles. The minimum Gasteiger partial charge on any atom is -0.354 e. The van der Waals surface area contributed by atoms with Crippen molar-refractivity contribution in [2.45, 2.75) is 33.4 Å². The first-order valence-electron chi connectivity index (χ1n) is 9.50. The Labute approximate surface area is 156 Å². The van der Waals surface area contributed by atoms with Gasteiger partial charge in [-0.1, -0.05) is 13.0 Å². The molecule has 3 rings (SSSR count). The molecule has 6 heteroatoms. The standard InChI is InChI=1S/C20H30N6/c1-5-25(16(2)19-8-6-7-9-21-19)15-18-14-20(23-17(3)22-18)26-12-10-24(4)11-13-26/h6-9,14,16H,5,10-13,15H2,1-4H3/t16-/m0/s1. The molecule has 1 fully saturated rings. The van der Waals surface area contributed by atoms with E-state index in [0.717, 1.165) is 62.3 Å². The molecule has 1 atom stereocenters. The van der Waals surface area contributed by atoms with Crippen LogP contribution in [0.1, 0.15) is 37.1 Å². The van der Waals surface area contributed by atoms with Crippen molar-refractivity contribution >= 4 is 5.82 Å². The van der Waals surface area contributed by atoms with Crippen LogP contribution in [0.2, 0.25) is 0 Å². The molecule has 26 heavy (non-hydrogen) atoms. The normalized spacial score (nSPS) is 16.9. The molecule has 2 aromatic rings. The number of hydrogen-bond acceptors (Lipinski definition) is 6. The predicted molar refractivity (Wildman–Crippen MR) is 105 cm³/mol. The van der Waals surface area contributed by atoms with E-state index in [9.17, 15) is 0 Å². The summed E-state index contributed by atoms with van der Waals surface area (Å²) in [7, 11) is 2.17. The largest absolute Gasteiger partial charge is 0.354 e. The summed E-state index contributed by atoms with van der Waals surface area (Å²) in [6.07, 6.45) is 1.86. The van der Waals surface area contributed by atoms with E-state index in [1.165, 1.54) is 0 Å². The molecule has 0 unspecified atom stereocenters. The van der Waals surface area contributed by atoms with Crippen LogP contribution in [0.3, 0.4) is 0 Å². The zero-order valence-corrected chi connectivity index (χ0v) is 16.4. The third-order valence-electron chi connectivity index (χ3n) is 5.14. The zero-order valence-electron chi connectivity index (χ0n) is 16.4. The molecule has 1 saturated heterocycles. The van der Waals surface area contributed by atoms with E-state index >= 15 is 0 Å². The van der Waals surface area contributed by atoms with Crippen molar-refractivity contribution in [2.24, 2.45) is 0 Å². The van der Waals surface area contributed by atoms with Gasteiger partial charge >= 0.3 is 0 Å². The van der Waals surface area contributed by atoms with Crippen molar-refractivity contribution in [3.8, 4) is 0 Å². The smallest absolute Gasteiger partial charge is 0.132 e. The van der Waals surface area contributed by atoms with Gasteiger partial charge in [0.1, 0.15) is 11.6 Å². The van der Waals surface area contributed by atoms with Crippen LogP contribution in [0.5, 0.6) is 0 Å². The van der Waals surface area contributed by atoms with E-state index in [1.54, 1.807) is 0 Å². The molecular formula is C20H30N6. The Morgan fingerprint density at radius 2 is 1.92 bits per heavy atom. The van der Waals surface area contributed by atoms with E-state index in [2.05, 4.69) is 57.7 Å². The third-order valence-corrected chi connectivity index (χ3v) is 5.14. The Morgan fingerprint density at radius 3 is 2.58 bits per heavy atom. The monoisotopic (exact) mass is 354 g/mol. The summed E-state index contributed by atoms with van der Waals surface area (Å²) in [6.45, 7) is 12.3. The number of aryl methyl sites for hydroxylation is 1. The molecule has 1 aliphatic heterocycles. The lowest BCUT2D eigenvalue weighted by atomic mass is 10.1. The minimum atomic E-state index is 0.253. The molecule has 1 aliphatic rings. The van der Waals surface area contributed by atoms with Gasteiger partial charge in [-0.3, -0.25) is 9.88 Å². The fourth-order valence-corrected chi connectivity index (χ4v) is 3.43. The lowest BCUT2D eigenvalue weighted by Crippen LogP contribution is -2.45. The number of rotatable bonds is 6. The molecule has 0 bridgehead atoms. The highest BCUT2D eigenvalue weighted by Gasteiger charge is 2.19. The lowest BCUT2D eigenvalue weighted by Gasteiger charge is -2.33. The van der Waals surface area contributed by atoms with Crippen molar-refractivity contribution in [1.82, 2.24) is 24.8 Å². The van der Waals surface area contributed by atoms with Gasteiger partial charge in [-0.25, -0.2) is 9.97 Å². The van der Waals surface area contributed by atoms with E-state index in [-0.39, 0.29) is 6.04 Å². The molecule has 0 aliphatic carbocycles. The van der Waals surface area contributed by atoms with E-state index in [4.69, 9.17) is 4.98 Å². The lowest BCUT2D eigenvalue weighted by molar-refractivity contribution is 0.206. The van der Waals surface area contributed by atoms with Gasteiger partial charge in [0, 0.05) is 51.0 Å². The number of pyridine rings is 1. The highest BCUT2D eigenvalue weighted by molar-refractivity contribution is 5.40. The molecular weight excluding hydrogens is 324 g/mol. The van der Waals surface area contributed by atoms with Crippen LogP contribution in [0, 0.1) is 6.92 Å². The first kappa shape index (κ1) is 18.7. The molecule has 140 valence electrons. The Hall–Kier alpha value is -2.05. The topological polar surface area (TPSA) is 48.4 Å². The van der Waals surface area contributed by atoms with Crippen LogP contribution in [0.15, 0.2) is 30.5 Å². The second-order valence-electron chi connectivity index (χ2n) is 7.05. The molecule has 6 nitrogen and oxygen atoms in total. The van der Waals surface area contributed by atoms with Gasteiger partial charge in [0.05, 0.1) is 11.4 Å². The van der Waals surface area contributed by atoms with Gasteiger partial charge in [0.25, 0.3) is 0 Å². The highest BCUT2D eigenvalue weighted by atomic mass is 15.3. The highest BCUT2D eigenvalue weighted by Crippen LogP contribution is 2.21. The second-order valence-corrected chi connectivity index (χ2v) is 7.05. The van der Waals surface area contributed by atoms with Gasteiger partial charge in [0.2, 0.25) is 0 Å². The summed E-state index contributed by atoms with van der Waals surface area (Å²) >= 11 is 0. The number of aromatic nitrogens is 3. The van der Waals surface area contributed by atoms with Crippen molar-refractivity contribution in [3.63, 3.8) is 0 Å². The molecule has 0 saturated carbocycles. The van der Waals surface area contributed by atoms with E-state index in [0.29, 0.717) is 0 Å². The average Bonchev–Trinajstić information content (AvgIpc) is 2.66. The Balaban J connectivity index is 1.75. The molecule has 0 radical (unpaired) electrons. The summed E-state index contributed by atoms with van der Waals surface area (Å²) in [5, 5.41) is 0. The fourth-order valence-electron chi connectivity index (χ4n) is 3.43. The third kappa shape index (κ3) is 4.56. The number of likely N-dealkylation sites (N-methyl/N-ethyl adjacent to an activating group) is 1. The van der Waals surface area contributed by atoms with Crippen LogP contribution in [0.4, 0.5) is 5.82 Å².